The number of benzene rings is 1. The van der Waals surface area contributed by atoms with Crippen LogP contribution in [-0.4, -0.2) is 48.3 Å². The van der Waals surface area contributed by atoms with Crippen LogP contribution in [0.3, 0.4) is 0 Å². The van der Waals surface area contributed by atoms with Crippen molar-refractivity contribution in [1.82, 2.24) is 10.2 Å². The first-order chi connectivity index (χ1) is 15.9. The van der Waals surface area contributed by atoms with Crippen LogP contribution in [-0.2, 0) is 19.1 Å². The van der Waals surface area contributed by atoms with E-state index in [0.717, 1.165) is 52.7 Å². The van der Waals surface area contributed by atoms with E-state index in [9.17, 15) is 9.59 Å². The quantitative estimate of drug-likeness (QED) is 0.605. The monoisotopic (exact) mass is 469 g/mol. The van der Waals surface area contributed by atoms with Crippen molar-refractivity contribution in [2.75, 3.05) is 20.3 Å². The molecule has 1 aromatic carbocycles. The van der Waals surface area contributed by atoms with Gasteiger partial charge >= 0.3 is 5.97 Å². The fourth-order valence-electron chi connectivity index (χ4n) is 4.52. The third-order valence-corrected chi connectivity index (χ3v) is 7.14. The Balaban J connectivity index is 1.66. The zero-order chi connectivity index (χ0) is 23.5. The van der Waals surface area contributed by atoms with E-state index in [4.69, 9.17) is 14.5 Å². The lowest BCUT2D eigenvalue weighted by Crippen LogP contribution is -2.39. The molecule has 0 aromatic heterocycles. The van der Waals surface area contributed by atoms with E-state index in [0.29, 0.717) is 18.5 Å². The fourth-order valence-corrected chi connectivity index (χ4v) is 5.46. The number of hydrogen-bond donors (Lipinski definition) is 1. The lowest BCUT2D eigenvalue weighted by molar-refractivity contribution is -0.136. The summed E-state index contributed by atoms with van der Waals surface area (Å²) in [6.07, 6.45) is 2.92. The number of aliphatic imine (C=N–C) groups is 1. The molecule has 0 bridgehead atoms. The minimum atomic E-state index is -0.396. The number of amidine groups is 1. The van der Waals surface area contributed by atoms with Gasteiger partial charge < -0.3 is 19.7 Å². The molecule has 2 unspecified atom stereocenters. The molecule has 0 radical (unpaired) electrons. The van der Waals surface area contributed by atoms with Crippen molar-refractivity contribution in [2.45, 2.75) is 58.6 Å². The molecule has 1 fully saturated rings. The number of hydrogen-bond acceptors (Lipinski definition) is 7. The second kappa shape index (κ2) is 10.1. The van der Waals surface area contributed by atoms with Crippen LogP contribution in [0.5, 0.6) is 0 Å². The Morgan fingerprint density at radius 3 is 2.85 bits per heavy atom. The third-order valence-electron chi connectivity index (χ3n) is 6.25. The van der Waals surface area contributed by atoms with Crippen LogP contribution < -0.4 is 5.32 Å². The molecule has 3 aliphatic rings. The van der Waals surface area contributed by atoms with Gasteiger partial charge in [-0.25, -0.2) is 9.79 Å². The Labute approximate surface area is 199 Å². The molecule has 4 rings (SSSR count). The van der Waals surface area contributed by atoms with E-state index < -0.39 is 6.04 Å². The molecule has 3 aliphatic heterocycles. The Bertz CT molecular complexity index is 1040. The number of nitrogens with one attached hydrogen (secondary N) is 1. The number of fused-ring (bicyclic) bond motifs is 1. The highest BCUT2D eigenvalue weighted by molar-refractivity contribution is 8.16. The molecular weight excluding hydrogens is 438 g/mol. The van der Waals surface area contributed by atoms with E-state index in [1.165, 1.54) is 18.9 Å². The maximum Gasteiger partial charge on any atom is 0.338 e. The number of nitrogens with zero attached hydrogens (tertiary/aromatic N) is 2. The summed E-state index contributed by atoms with van der Waals surface area (Å²) in [5.74, 6) is -0.456. The van der Waals surface area contributed by atoms with Crippen LogP contribution in [0.25, 0.3) is 0 Å². The van der Waals surface area contributed by atoms with Gasteiger partial charge in [0.05, 0.1) is 36.9 Å². The molecule has 1 saturated heterocycles. The van der Waals surface area contributed by atoms with Gasteiger partial charge in [-0.3, -0.25) is 4.79 Å². The Kier molecular flexibility index (Phi) is 7.24. The number of rotatable bonds is 7. The van der Waals surface area contributed by atoms with Crippen LogP contribution in [0, 0.1) is 13.8 Å². The number of carbonyl (C=O) groups is 2. The maximum atomic E-state index is 13.0. The average Bonchev–Trinajstić information content (AvgIpc) is 3.47. The van der Waals surface area contributed by atoms with Crippen molar-refractivity contribution in [2.24, 2.45) is 4.99 Å². The molecule has 0 spiro atoms. The third kappa shape index (κ3) is 4.87. The molecule has 3 heterocycles. The second-order valence-corrected chi connectivity index (χ2v) is 9.41. The predicted octanol–water partition coefficient (Wildman–Crippen LogP) is 4.13. The van der Waals surface area contributed by atoms with E-state index in [-0.39, 0.29) is 24.4 Å². The summed E-state index contributed by atoms with van der Waals surface area (Å²) >= 11 is 1.49. The molecule has 0 aliphatic carbocycles. The predicted molar refractivity (Wildman–Crippen MR) is 130 cm³/mol. The molecule has 0 saturated carbocycles. The summed E-state index contributed by atoms with van der Waals surface area (Å²) in [5, 5.41) is 5.76. The summed E-state index contributed by atoms with van der Waals surface area (Å²) in [7, 11) is 1.40. The van der Waals surface area contributed by atoms with E-state index in [1.54, 1.807) is 0 Å². The van der Waals surface area contributed by atoms with Gasteiger partial charge in [0.1, 0.15) is 0 Å². The van der Waals surface area contributed by atoms with Gasteiger partial charge in [0, 0.05) is 18.8 Å². The average molecular weight is 470 g/mol. The van der Waals surface area contributed by atoms with Gasteiger partial charge in [-0.15, -0.1) is 0 Å². The van der Waals surface area contributed by atoms with E-state index >= 15 is 0 Å². The van der Waals surface area contributed by atoms with Gasteiger partial charge in [0.2, 0.25) is 5.91 Å². The van der Waals surface area contributed by atoms with Crippen LogP contribution in [0.2, 0.25) is 0 Å². The first-order valence-electron chi connectivity index (χ1n) is 11.4. The van der Waals surface area contributed by atoms with Crippen molar-refractivity contribution in [1.29, 1.82) is 0 Å². The number of amides is 1. The zero-order valence-corrected chi connectivity index (χ0v) is 20.5. The zero-order valence-electron chi connectivity index (χ0n) is 19.6. The van der Waals surface area contributed by atoms with Crippen LogP contribution in [0.15, 0.2) is 45.6 Å². The standard InChI is InChI=1S/C25H31N3O4S/c1-5-20-22(24(30)31-4)23(19-11-15(2)8-9-16(19)3)28-17(14-33-25(28)27-20)12-21(29)26-13-18-7-6-10-32-18/h8-9,11,14,18,23H,5-7,10,12-13H2,1-4H3,(H,26,29). The molecule has 8 heteroatoms. The van der Waals surface area contributed by atoms with Crippen LogP contribution in [0.1, 0.15) is 55.3 Å². The summed E-state index contributed by atoms with van der Waals surface area (Å²) in [6.45, 7) is 7.35. The molecule has 176 valence electrons. The molecule has 33 heavy (non-hydrogen) atoms. The van der Waals surface area contributed by atoms with Gasteiger partial charge in [0.25, 0.3) is 0 Å². The molecule has 7 nitrogen and oxygen atoms in total. The van der Waals surface area contributed by atoms with Crippen LogP contribution >= 0.6 is 11.8 Å². The smallest absolute Gasteiger partial charge is 0.338 e. The minimum absolute atomic E-state index is 0.0665. The number of methoxy groups -OCH3 is 1. The van der Waals surface area contributed by atoms with E-state index in [2.05, 4.69) is 23.5 Å². The largest absolute Gasteiger partial charge is 0.466 e. The van der Waals surface area contributed by atoms with Crippen molar-refractivity contribution in [3.8, 4) is 0 Å². The molecular formula is C25H31N3O4S. The lowest BCUT2D eigenvalue weighted by atomic mass is 9.89. The van der Waals surface area contributed by atoms with Crippen molar-refractivity contribution in [3.63, 3.8) is 0 Å². The Morgan fingerprint density at radius 1 is 1.33 bits per heavy atom. The number of aryl methyl sites for hydroxylation is 2. The lowest BCUT2D eigenvalue weighted by Gasteiger charge is -2.37. The second-order valence-electron chi connectivity index (χ2n) is 8.58. The normalized spacial score (nSPS) is 22.1. The maximum absolute atomic E-state index is 13.0. The number of ether oxygens (including phenoxy) is 2. The topological polar surface area (TPSA) is 80.2 Å². The first-order valence-corrected chi connectivity index (χ1v) is 12.3. The highest BCUT2D eigenvalue weighted by Crippen LogP contribution is 2.46. The summed E-state index contributed by atoms with van der Waals surface area (Å²) in [5.41, 5.74) is 5.28. The number of allylic oxidation sites excluding steroid dienone is 1. The van der Waals surface area contributed by atoms with Gasteiger partial charge in [-0.1, -0.05) is 42.4 Å². The minimum Gasteiger partial charge on any atom is -0.466 e. The molecule has 2 atom stereocenters. The molecule has 1 amide bonds. The van der Waals surface area contributed by atoms with Crippen molar-refractivity contribution in [3.05, 3.63) is 57.3 Å². The fraction of sp³-hybridized carbons (Fsp3) is 0.480. The molecule has 1 aromatic rings. The Hall–Kier alpha value is -2.58. The first kappa shape index (κ1) is 23.6. The highest BCUT2D eigenvalue weighted by Gasteiger charge is 2.42. The van der Waals surface area contributed by atoms with Gasteiger partial charge in [-0.05, 0) is 49.6 Å². The Morgan fingerprint density at radius 2 is 2.15 bits per heavy atom. The number of carbonyl (C=O) groups excluding carboxylic acids is 2. The summed E-state index contributed by atoms with van der Waals surface area (Å²) < 4.78 is 10.8. The van der Waals surface area contributed by atoms with E-state index in [1.807, 2.05) is 31.1 Å². The van der Waals surface area contributed by atoms with Gasteiger partial charge in [0.15, 0.2) is 5.17 Å². The van der Waals surface area contributed by atoms with Crippen LogP contribution in [0.4, 0.5) is 0 Å². The SMILES string of the molecule is CCC1=C(C(=O)OC)C(c2cc(C)ccc2C)N2C(CC(=O)NCC3CCCO3)=CSC2=N1. The highest BCUT2D eigenvalue weighted by atomic mass is 32.2. The molecule has 1 N–H and O–H groups in total. The van der Waals surface area contributed by atoms with Crippen molar-refractivity contribution >= 4 is 28.8 Å². The summed E-state index contributed by atoms with van der Waals surface area (Å²) in [6, 6.07) is 5.84. The van der Waals surface area contributed by atoms with Gasteiger partial charge in [-0.2, -0.15) is 0 Å². The number of esters is 1. The number of thioether (sulfide) groups is 1. The summed E-state index contributed by atoms with van der Waals surface area (Å²) in [4.78, 5) is 32.6. The van der Waals surface area contributed by atoms with Crippen molar-refractivity contribution < 1.29 is 19.1 Å².